The minimum absolute atomic E-state index is 0.738. The van der Waals surface area contributed by atoms with E-state index in [1.165, 1.54) is 36.9 Å². The molecule has 0 bridgehead atoms. The molecule has 2 atom stereocenters. The van der Waals surface area contributed by atoms with Gasteiger partial charge in [0.1, 0.15) is 0 Å². The summed E-state index contributed by atoms with van der Waals surface area (Å²) in [6, 6.07) is 5.11. The van der Waals surface area contributed by atoms with Crippen LogP contribution in [0.25, 0.3) is 0 Å². The molecule has 112 valence electrons. The maximum atomic E-state index is 4.60. The van der Waals surface area contributed by atoms with Gasteiger partial charge in [0.15, 0.2) is 0 Å². The Bertz CT molecular complexity index is 388. The number of hydrogen-bond acceptors (Lipinski definition) is 3. The Morgan fingerprint density at radius 3 is 2.85 bits per heavy atom. The van der Waals surface area contributed by atoms with Gasteiger partial charge in [-0.25, -0.2) is 0 Å². The number of hydrogen-bond donors (Lipinski definition) is 1. The first kappa shape index (κ1) is 15.5. The molecule has 2 rings (SSSR count). The molecule has 1 aromatic heterocycles. The molecule has 1 heterocycles. The quantitative estimate of drug-likeness (QED) is 0.864. The van der Waals surface area contributed by atoms with Gasteiger partial charge in [-0.3, -0.25) is 9.88 Å². The van der Waals surface area contributed by atoms with E-state index in [9.17, 15) is 0 Å². The third kappa shape index (κ3) is 4.57. The van der Waals surface area contributed by atoms with Gasteiger partial charge in [0.05, 0.1) is 5.69 Å². The Morgan fingerprint density at radius 2 is 2.20 bits per heavy atom. The van der Waals surface area contributed by atoms with E-state index in [4.69, 9.17) is 0 Å². The van der Waals surface area contributed by atoms with Gasteiger partial charge in [0.25, 0.3) is 0 Å². The van der Waals surface area contributed by atoms with Crippen molar-refractivity contribution in [1.29, 1.82) is 0 Å². The monoisotopic (exact) mass is 275 g/mol. The summed E-state index contributed by atoms with van der Waals surface area (Å²) in [6.45, 7) is 7.40. The molecule has 0 amide bonds. The van der Waals surface area contributed by atoms with Gasteiger partial charge in [-0.1, -0.05) is 32.8 Å². The summed E-state index contributed by atoms with van der Waals surface area (Å²) in [5, 5.41) is 3.33. The van der Waals surface area contributed by atoms with Crippen LogP contribution in [0.1, 0.15) is 50.8 Å². The number of nitrogens with zero attached hydrogens (tertiary/aromatic N) is 2. The highest BCUT2D eigenvalue weighted by Gasteiger charge is 2.22. The van der Waals surface area contributed by atoms with Gasteiger partial charge in [-0.2, -0.15) is 0 Å². The lowest BCUT2D eigenvalue weighted by Crippen LogP contribution is -2.35. The molecule has 0 aliphatic heterocycles. The molecule has 1 aliphatic carbocycles. The topological polar surface area (TPSA) is 28.2 Å². The maximum absolute atomic E-state index is 4.60. The first-order chi connectivity index (χ1) is 9.69. The Labute approximate surface area is 123 Å². The van der Waals surface area contributed by atoms with Crippen molar-refractivity contribution in [3.8, 4) is 0 Å². The van der Waals surface area contributed by atoms with Crippen LogP contribution in [-0.4, -0.2) is 29.5 Å². The highest BCUT2D eigenvalue weighted by molar-refractivity contribution is 5.14. The summed E-state index contributed by atoms with van der Waals surface area (Å²) in [7, 11) is 2.25. The van der Waals surface area contributed by atoms with Crippen molar-refractivity contribution in [2.75, 3.05) is 13.6 Å². The van der Waals surface area contributed by atoms with Crippen molar-refractivity contribution in [1.82, 2.24) is 15.2 Å². The average molecular weight is 275 g/mol. The summed E-state index contributed by atoms with van der Waals surface area (Å²) < 4.78 is 0. The predicted molar refractivity (Wildman–Crippen MR) is 84.5 cm³/mol. The summed E-state index contributed by atoms with van der Waals surface area (Å²) in [6.07, 6.45) is 7.48. The van der Waals surface area contributed by atoms with Crippen LogP contribution in [0, 0.1) is 5.92 Å². The molecule has 1 fully saturated rings. The first-order valence-corrected chi connectivity index (χ1v) is 8.03. The van der Waals surface area contributed by atoms with Crippen LogP contribution in [0.5, 0.6) is 0 Å². The van der Waals surface area contributed by atoms with Crippen molar-refractivity contribution in [2.24, 2.45) is 5.92 Å². The van der Waals surface area contributed by atoms with E-state index in [1.54, 1.807) is 0 Å². The Hall–Kier alpha value is -0.930. The van der Waals surface area contributed by atoms with E-state index in [0.717, 1.165) is 31.6 Å². The summed E-state index contributed by atoms with van der Waals surface area (Å²) in [4.78, 5) is 7.09. The highest BCUT2D eigenvalue weighted by atomic mass is 15.1. The first-order valence-electron chi connectivity index (χ1n) is 8.03. The Kier molecular flexibility index (Phi) is 5.99. The minimum Gasteiger partial charge on any atom is -0.313 e. The molecule has 0 radical (unpaired) electrons. The van der Waals surface area contributed by atoms with E-state index in [2.05, 4.69) is 48.2 Å². The number of aromatic nitrogens is 1. The lowest BCUT2D eigenvalue weighted by molar-refractivity contribution is 0.156. The van der Waals surface area contributed by atoms with Gasteiger partial charge >= 0.3 is 0 Å². The Balaban J connectivity index is 1.85. The third-order valence-corrected chi connectivity index (χ3v) is 4.41. The number of pyridine rings is 1. The number of rotatable bonds is 6. The minimum atomic E-state index is 0.738. The van der Waals surface area contributed by atoms with E-state index < -0.39 is 0 Å². The fourth-order valence-corrected chi connectivity index (χ4v) is 3.11. The predicted octanol–water partition coefficient (Wildman–Crippen LogP) is 3.20. The zero-order chi connectivity index (χ0) is 14.4. The molecule has 1 aliphatic rings. The van der Waals surface area contributed by atoms with Crippen molar-refractivity contribution in [3.05, 3.63) is 29.6 Å². The van der Waals surface area contributed by atoms with E-state index >= 15 is 0 Å². The highest BCUT2D eigenvalue weighted by Crippen LogP contribution is 2.27. The summed E-state index contributed by atoms with van der Waals surface area (Å²) in [5.74, 6) is 0.881. The molecule has 0 saturated heterocycles. The van der Waals surface area contributed by atoms with Crippen LogP contribution in [0.4, 0.5) is 0 Å². The second-order valence-corrected chi connectivity index (χ2v) is 6.28. The second-order valence-electron chi connectivity index (χ2n) is 6.28. The smallest absolute Gasteiger partial charge is 0.0544 e. The maximum Gasteiger partial charge on any atom is 0.0544 e. The summed E-state index contributed by atoms with van der Waals surface area (Å²) in [5.41, 5.74) is 2.45. The molecule has 0 spiro atoms. The van der Waals surface area contributed by atoms with Crippen LogP contribution in [0.15, 0.2) is 18.3 Å². The third-order valence-electron chi connectivity index (χ3n) is 4.41. The molecule has 0 aromatic carbocycles. The average Bonchev–Trinajstić information content (AvgIpc) is 2.46. The summed E-state index contributed by atoms with van der Waals surface area (Å²) >= 11 is 0. The number of nitrogens with one attached hydrogen (secondary N) is 1. The van der Waals surface area contributed by atoms with Crippen LogP contribution in [-0.2, 0) is 13.1 Å². The molecule has 20 heavy (non-hydrogen) atoms. The van der Waals surface area contributed by atoms with Gasteiger partial charge in [-0.05, 0) is 44.0 Å². The molecule has 1 N–H and O–H groups in total. The molecule has 2 unspecified atom stereocenters. The van der Waals surface area contributed by atoms with Crippen LogP contribution < -0.4 is 5.32 Å². The molecule has 3 nitrogen and oxygen atoms in total. The normalized spacial score (nSPS) is 23.2. The molecule has 1 aromatic rings. The van der Waals surface area contributed by atoms with Crippen molar-refractivity contribution >= 4 is 0 Å². The van der Waals surface area contributed by atoms with Crippen molar-refractivity contribution < 1.29 is 0 Å². The van der Waals surface area contributed by atoms with Crippen LogP contribution >= 0.6 is 0 Å². The van der Waals surface area contributed by atoms with E-state index in [-0.39, 0.29) is 0 Å². The van der Waals surface area contributed by atoms with E-state index in [1.807, 2.05) is 6.20 Å². The molecule has 1 saturated carbocycles. The van der Waals surface area contributed by atoms with E-state index in [0.29, 0.717) is 0 Å². The molecular weight excluding hydrogens is 246 g/mol. The zero-order valence-corrected chi connectivity index (χ0v) is 13.2. The SMILES string of the molecule is CCNCc1ccc(CN(C)C2CCCC(C)C2)nc1. The van der Waals surface area contributed by atoms with Gasteiger partial charge < -0.3 is 5.32 Å². The molecular formula is C17H29N3. The largest absolute Gasteiger partial charge is 0.313 e. The lowest BCUT2D eigenvalue weighted by Gasteiger charge is -2.34. The van der Waals surface area contributed by atoms with Crippen LogP contribution in [0.3, 0.4) is 0 Å². The Morgan fingerprint density at radius 1 is 1.35 bits per heavy atom. The standard InChI is InChI=1S/C17H29N3/c1-4-18-11-15-8-9-16(19-12-15)13-20(3)17-7-5-6-14(2)10-17/h8-9,12,14,17-18H,4-7,10-11,13H2,1-3H3. The van der Waals surface area contributed by atoms with Gasteiger partial charge in [0.2, 0.25) is 0 Å². The fraction of sp³-hybridized carbons (Fsp3) is 0.706. The van der Waals surface area contributed by atoms with Gasteiger partial charge in [0, 0.05) is 25.3 Å². The van der Waals surface area contributed by atoms with Crippen molar-refractivity contribution in [3.63, 3.8) is 0 Å². The fourth-order valence-electron chi connectivity index (χ4n) is 3.11. The van der Waals surface area contributed by atoms with Gasteiger partial charge in [-0.15, -0.1) is 0 Å². The van der Waals surface area contributed by atoms with Crippen molar-refractivity contribution in [2.45, 2.75) is 58.7 Å². The zero-order valence-electron chi connectivity index (χ0n) is 13.2. The second kappa shape index (κ2) is 7.75. The lowest BCUT2D eigenvalue weighted by atomic mass is 9.86. The molecule has 3 heteroatoms. The van der Waals surface area contributed by atoms with Crippen LogP contribution in [0.2, 0.25) is 0 Å².